The molecule has 0 bridgehead atoms. The molecule has 126 valence electrons. The van der Waals surface area contributed by atoms with Crippen LogP contribution in [0.15, 0.2) is 24.4 Å². The number of hydrogen-bond donors (Lipinski definition) is 1. The van der Waals surface area contributed by atoms with Crippen LogP contribution >= 0.6 is 11.6 Å². The highest BCUT2D eigenvalue weighted by atomic mass is 35.5. The largest absolute Gasteiger partial charge is 0.476 e. The van der Waals surface area contributed by atoms with E-state index in [1.54, 1.807) is 0 Å². The molecule has 0 saturated carbocycles. The molecular weight excluding hydrogens is 361 g/mol. The highest BCUT2D eigenvalue weighted by Gasteiger charge is 2.60. The molecular formula is C13H5ClF5N3O2. The molecule has 3 aromatic rings. The Morgan fingerprint density at radius 2 is 1.83 bits per heavy atom. The second-order valence-electron chi connectivity index (χ2n) is 4.79. The number of carboxylic acids is 1. The van der Waals surface area contributed by atoms with Crippen molar-refractivity contribution in [2.45, 2.75) is 12.1 Å². The fraction of sp³-hybridized carbons (Fsp3) is 0.154. The molecule has 3 aromatic heterocycles. The minimum Gasteiger partial charge on any atom is -0.476 e. The number of carboxylic acid groups (broad SMARTS) is 1. The Hall–Kier alpha value is -2.49. The summed E-state index contributed by atoms with van der Waals surface area (Å²) < 4.78 is 65.7. The van der Waals surface area contributed by atoms with E-state index in [1.165, 1.54) is 12.1 Å². The van der Waals surface area contributed by atoms with E-state index in [2.05, 4.69) is 9.97 Å². The molecule has 1 N–H and O–H groups in total. The van der Waals surface area contributed by atoms with E-state index in [4.69, 9.17) is 16.7 Å². The number of hydrogen-bond acceptors (Lipinski definition) is 3. The van der Waals surface area contributed by atoms with E-state index in [1.807, 2.05) is 0 Å². The molecule has 0 radical (unpaired) electrons. The van der Waals surface area contributed by atoms with Crippen molar-refractivity contribution >= 4 is 34.3 Å². The Labute approximate surface area is 134 Å². The van der Waals surface area contributed by atoms with Gasteiger partial charge in [-0.2, -0.15) is 22.0 Å². The lowest BCUT2D eigenvalue weighted by Crippen LogP contribution is -2.34. The van der Waals surface area contributed by atoms with Crippen molar-refractivity contribution in [3.63, 3.8) is 0 Å². The number of rotatable bonds is 2. The minimum atomic E-state index is -5.86. The van der Waals surface area contributed by atoms with E-state index in [9.17, 15) is 26.7 Å². The highest BCUT2D eigenvalue weighted by Crippen LogP contribution is 2.44. The van der Waals surface area contributed by atoms with Crippen molar-refractivity contribution in [1.82, 2.24) is 14.4 Å². The van der Waals surface area contributed by atoms with Crippen LogP contribution in [0.25, 0.3) is 16.7 Å². The molecule has 3 heterocycles. The van der Waals surface area contributed by atoms with Crippen LogP contribution in [-0.2, 0) is 5.92 Å². The third-order valence-electron chi connectivity index (χ3n) is 3.25. The van der Waals surface area contributed by atoms with Crippen molar-refractivity contribution in [1.29, 1.82) is 0 Å². The lowest BCUT2D eigenvalue weighted by Gasteiger charge is -2.19. The first-order chi connectivity index (χ1) is 11.0. The van der Waals surface area contributed by atoms with E-state index >= 15 is 0 Å². The summed E-state index contributed by atoms with van der Waals surface area (Å²) in [5.74, 6) is -6.61. The Kier molecular flexibility index (Phi) is 3.41. The molecule has 0 aromatic carbocycles. The fourth-order valence-electron chi connectivity index (χ4n) is 2.10. The molecule has 3 rings (SSSR count). The number of aromatic nitrogens is 3. The quantitative estimate of drug-likeness (QED) is 0.700. The predicted octanol–water partition coefficient (Wildman–Crippen LogP) is 3.89. The summed E-state index contributed by atoms with van der Waals surface area (Å²) >= 11 is 5.80. The summed E-state index contributed by atoms with van der Waals surface area (Å²) in [5.41, 5.74) is -2.37. The van der Waals surface area contributed by atoms with Gasteiger partial charge in [0.25, 0.3) is 0 Å². The highest BCUT2D eigenvalue weighted by molar-refractivity contribution is 6.35. The number of alkyl halides is 5. The van der Waals surface area contributed by atoms with Crippen molar-refractivity contribution in [3.05, 3.63) is 40.8 Å². The van der Waals surface area contributed by atoms with Crippen LogP contribution in [0.4, 0.5) is 22.0 Å². The number of imidazole rings is 1. The summed E-state index contributed by atoms with van der Waals surface area (Å²) in [6, 6.07) is 3.07. The van der Waals surface area contributed by atoms with Crippen LogP contribution in [0.5, 0.6) is 0 Å². The van der Waals surface area contributed by atoms with E-state index in [-0.39, 0.29) is 21.7 Å². The topological polar surface area (TPSA) is 67.5 Å². The Balaban J connectivity index is 2.36. The number of halogens is 6. The van der Waals surface area contributed by atoms with Crippen molar-refractivity contribution in [3.8, 4) is 0 Å². The molecule has 0 fully saturated rings. The van der Waals surface area contributed by atoms with Gasteiger partial charge in [-0.05, 0) is 18.2 Å². The van der Waals surface area contributed by atoms with Crippen LogP contribution in [-0.4, -0.2) is 31.6 Å². The van der Waals surface area contributed by atoms with Gasteiger partial charge in [-0.3, -0.25) is 4.40 Å². The maximum atomic E-state index is 13.5. The average molecular weight is 366 g/mol. The third-order valence-corrected chi connectivity index (χ3v) is 3.56. The smallest absolute Gasteiger partial charge is 0.459 e. The van der Waals surface area contributed by atoms with Gasteiger partial charge in [0.2, 0.25) is 0 Å². The predicted molar refractivity (Wildman–Crippen MR) is 72.4 cm³/mol. The fourth-order valence-corrected chi connectivity index (χ4v) is 2.35. The molecule has 24 heavy (non-hydrogen) atoms. The first-order valence-corrected chi connectivity index (χ1v) is 6.57. The standard InChI is InChI=1S/C13H5ClF5N3O2/c14-6-3-8(12(15,16)13(17,18)19)21-10-5(6)1-2-9-20-7(11(23)24)4-22(9)10/h1-4H,(H,23,24). The normalized spacial score (nSPS) is 12.9. The first kappa shape index (κ1) is 16.4. The second kappa shape index (κ2) is 5.00. The van der Waals surface area contributed by atoms with Gasteiger partial charge in [-0.15, -0.1) is 0 Å². The SMILES string of the molecule is O=C(O)c1cn2c(ccc3c(Cl)cc(C(F)(F)C(F)(F)F)nc32)n1. The van der Waals surface area contributed by atoms with Crippen LogP contribution in [0, 0.1) is 0 Å². The van der Waals surface area contributed by atoms with Gasteiger partial charge in [-0.25, -0.2) is 14.8 Å². The van der Waals surface area contributed by atoms with E-state index in [0.717, 1.165) is 10.6 Å². The maximum Gasteiger partial charge on any atom is 0.459 e. The zero-order valence-corrected chi connectivity index (χ0v) is 12.0. The summed E-state index contributed by atoms with van der Waals surface area (Å²) in [7, 11) is 0. The van der Waals surface area contributed by atoms with Gasteiger partial charge < -0.3 is 5.11 Å². The van der Waals surface area contributed by atoms with Crippen LogP contribution in [0.2, 0.25) is 5.02 Å². The van der Waals surface area contributed by atoms with Crippen molar-refractivity contribution < 1.29 is 31.9 Å². The lowest BCUT2D eigenvalue weighted by molar-refractivity contribution is -0.290. The number of pyridine rings is 2. The van der Waals surface area contributed by atoms with Crippen LogP contribution in [0.1, 0.15) is 16.2 Å². The molecule has 0 unspecified atom stereocenters. The maximum absolute atomic E-state index is 13.5. The molecule has 0 spiro atoms. The van der Waals surface area contributed by atoms with Crippen molar-refractivity contribution in [2.75, 3.05) is 0 Å². The molecule has 0 aliphatic heterocycles. The third kappa shape index (κ3) is 2.33. The Bertz CT molecular complexity index is 983. The average Bonchev–Trinajstić information content (AvgIpc) is 2.90. The number of aromatic carboxylic acids is 1. The van der Waals surface area contributed by atoms with Gasteiger partial charge in [0.05, 0.1) is 5.02 Å². The monoisotopic (exact) mass is 365 g/mol. The summed E-state index contributed by atoms with van der Waals surface area (Å²) in [6.45, 7) is 0. The number of fused-ring (bicyclic) bond motifs is 3. The van der Waals surface area contributed by atoms with Crippen molar-refractivity contribution in [2.24, 2.45) is 0 Å². The van der Waals surface area contributed by atoms with Gasteiger partial charge in [0.1, 0.15) is 17.0 Å². The number of nitrogens with zero attached hydrogens (tertiary/aromatic N) is 3. The molecule has 0 aliphatic rings. The summed E-state index contributed by atoms with van der Waals surface area (Å²) in [5, 5.41) is 8.60. The summed E-state index contributed by atoms with van der Waals surface area (Å²) in [4.78, 5) is 18.0. The summed E-state index contributed by atoms with van der Waals surface area (Å²) in [6.07, 6.45) is -4.90. The minimum absolute atomic E-state index is 0.0101. The second-order valence-corrected chi connectivity index (χ2v) is 5.20. The van der Waals surface area contributed by atoms with Gasteiger partial charge in [-0.1, -0.05) is 11.6 Å². The van der Waals surface area contributed by atoms with E-state index in [0.29, 0.717) is 6.07 Å². The molecule has 0 atom stereocenters. The van der Waals surface area contributed by atoms with Gasteiger partial charge in [0.15, 0.2) is 5.69 Å². The molecule has 5 nitrogen and oxygen atoms in total. The van der Waals surface area contributed by atoms with E-state index < -0.39 is 29.5 Å². The lowest BCUT2D eigenvalue weighted by atomic mass is 10.1. The van der Waals surface area contributed by atoms with Crippen LogP contribution < -0.4 is 0 Å². The van der Waals surface area contributed by atoms with Gasteiger partial charge >= 0.3 is 18.1 Å². The molecule has 0 saturated heterocycles. The zero-order valence-electron chi connectivity index (χ0n) is 11.3. The number of carbonyl (C=O) groups is 1. The first-order valence-electron chi connectivity index (χ1n) is 6.19. The Morgan fingerprint density at radius 1 is 1.17 bits per heavy atom. The molecule has 0 amide bonds. The Morgan fingerprint density at radius 3 is 2.42 bits per heavy atom. The molecule has 0 aliphatic carbocycles. The zero-order chi connectivity index (χ0) is 17.9. The molecule has 11 heteroatoms. The van der Waals surface area contributed by atoms with Crippen LogP contribution in [0.3, 0.4) is 0 Å². The van der Waals surface area contributed by atoms with Gasteiger partial charge in [0, 0.05) is 11.6 Å².